The molecule has 3 heterocycles. The molecule has 0 saturated heterocycles. The quantitative estimate of drug-likeness (QED) is 0.669. The van der Waals surface area contributed by atoms with Crippen LogP contribution in [-0.4, -0.2) is 26.4 Å². The second-order valence-corrected chi connectivity index (χ2v) is 5.84. The summed E-state index contributed by atoms with van der Waals surface area (Å²) in [7, 11) is 0. The lowest BCUT2D eigenvalue weighted by Gasteiger charge is -2.27. The summed E-state index contributed by atoms with van der Waals surface area (Å²) in [5, 5.41) is 0.875. The van der Waals surface area contributed by atoms with E-state index in [0.717, 1.165) is 28.7 Å². The van der Waals surface area contributed by atoms with Gasteiger partial charge in [0.1, 0.15) is 5.82 Å². The summed E-state index contributed by atoms with van der Waals surface area (Å²) in [5.41, 5.74) is 8.76. The fraction of sp³-hybridized carbons (Fsp3) is 0.250. The van der Waals surface area contributed by atoms with Crippen molar-refractivity contribution in [1.29, 1.82) is 0 Å². The lowest BCUT2D eigenvalue weighted by molar-refractivity contribution is 0.242. The normalized spacial score (nSPS) is 15.0. The van der Waals surface area contributed by atoms with Gasteiger partial charge < -0.3 is 10.7 Å². The molecule has 0 atom stereocenters. The Labute approximate surface area is 131 Å². The Bertz CT molecular complexity index is 945. The minimum atomic E-state index is -0.251. The van der Waals surface area contributed by atoms with Crippen LogP contribution in [-0.2, 0) is 19.5 Å². The molecule has 0 fully saturated rings. The molecular weight excluding hydrogens is 297 g/mol. The molecule has 4 rings (SSSR count). The molecule has 0 amide bonds. The van der Waals surface area contributed by atoms with Gasteiger partial charge in [0.25, 0.3) is 5.56 Å². The summed E-state index contributed by atoms with van der Waals surface area (Å²) in [6.07, 6.45) is 2.57. The van der Waals surface area contributed by atoms with E-state index in [9.17, 15) is 9.18 Å². The van der Waals surface area contributed by atoms with E-state index in [0.29, 0.717) is 25.1 Å². The molecule has 6 nitrogen and oxygen atoms in total. The van der Waals surface area contributed by atoms with Crippen molar-refractivity contribution in [3.63, 3.8) is 0 Å². The predicted molar refractivity (Wildman–Crippen MR) is 85.3 cm³/mol. The van der Waals surface area contributed by atoms with Crippen molar-refractivity contribution < 1.29 is 4.39 Å². The number of nitrogens with zero attached hydrogens (tertiary/aromatic N) is 2. The Hall–Kier alpha value is -2.67. The Morgan fingerprint density at radius 1 is 1.39 bits per heavy atom. The highest BCUT2D eigenvalue weighted by molar-refractivity contribution is 5.83. The van der Waals surface area contributed by atoms with Gasteiger partial charge in [-0.2, -0.15) is 0 Å². The highest BCUT2D eigenvalue weighted by Crippen LogP contribution is 2.23. The van der Waals surface area contributed by atoms with Gasteiger partial charge in [0.15, 0.2) is 0 Å². The molecule has 118 valence electrons. The van der Waals surface area contributed by atoms with Gasteiger partial charge in [-0.1, -0.05) is 0 Å². The first-order valence-electron chi connectivity index (χ1n) is 7.45. The van der Waals surface area contributed by atoms with Crippen LogP contribution in [0.25, 0.3) is 10.9 Å². The number of halogens is 1. The minimum absolute atomic E-state index is 0.161. The van der Waals surface area contributed by atoms with Gasteiger partial charge in [0.05, 0.1) is 11.3 Å². The smallest absolute Gasteiger partial charge is 0.257 e. The number of anilines is 1. The summed E-state index contributed by atoms with van der Waals surface area (Å²) in [6.45, 7) is 1.94. The fourth-order valence-electron chi connectivity index (χ4n) is 3.16. The van der Waals surface area contributed by atoms with E-state index in [4.69, 9.17) is 5.73 Å². The van der Waals surface area contributed by atoms with Gasteiger partial charge in [0.2, 0.25) is 5.95 Å². The zero-order chi connectivity index (χ0) is 16.0. The Kier molecular flexibility index (Phi) is 3.16. The zero-order valence-corrected chi connectivity index (χ0v) is 12.4. The molecule has 0 unspecified atom stereocenters. The first kappa shape index (κ1) is 14.0. The summed E-state index contributed by atoms with van der Waals surface area (Å²) in [4.78, 5) is 24.1. The SMILES string of the molecule is Nc1nc2c(c(=O)[nH]1)CN(Cc1c[nH]c3ccc(F)cc13)CC2. The Balaban J connectivity index is 1.62. The molecule has 23 heavy (non-hydrogen) atoms. The van der Waals surface area contributed by atoms with Gasteiger partial charge >= 0.3 is 0 Å². The maximum Gasteiger partial charge on any atom is 0.257 e. The van der Waals surface area contributed by atoms with E-state index in [1.165, 1.54) is 12.1 Å². The summed E-state index contributed by atoms with van der Waals surface area (Å²) in [5.74, 6) is -0.0900. The molecule has 1 aliphatic rings. The van der Waals surface area contributed by atoms with Crippen LogP contribution >= 0.6 is 0 Å². The van der Waals surface area contributed by atoms with Crippen LogP contribution in [0, 0.1) is 5.82 Å². The topological polar surface area (TPSA) is 90.8 Å². The van der Waals surface area contributed by atoms with Crippen molar-refractivity contribution in [2.24, 2.45) is 0 Å². The number of fused-ring (bicyclic) bond motifs is 2. The molecule has 4 N–H and O–H groups in total. The average Bonchev–Trinajstić information content (AvgIpc) is 2.90. The number of aromatic amines is 2. The number of benzene rings is 1. The molecular formula is C16H16FN5O. The number of hydrogen-bond donors (Lipinski definition) is 3. The number of hydrogen-bond acceptors (Lipinski definition) is 4. The zero-order valence-electron chi connectivity index (χ0n) is 12.4. The van der Waals surface area contributed by atoms with Crippen LogP contribution in [0.2, 0.25) is 0 Å². The van der Waals surface area contributed by atoms with E-state index >= 15 is 0 Å². The van der Waals surface area contributed by atoms with Crippen LogP contribution in [0.3, 0.4) is 0 Å². The van der Waals surface area contributed by atoms with Gasteiger partial charge in [-0.05, 0) is 23.8 Å². The molecule has 0 aliphatic carbocycles. The van der Waals surface area contributed by atoms with Crippen LogP contribution in [0.4, 0.5) is 10.3 Å². The van der Waals surface area contributed by atoms with E-state index in [1.54, 1.807) is 6.07 Å². The first-order chi connectivity index (χ1) is 11.1. The number of aromatic nitrogens is 3. The van der Waals surface area contributed by atoms with Crippen molar-refractivity contribution in [3.8, 4) is 0 Å². The van der Waals surface area contributed by atoms with Crippen LogP contribution in [0.1, 0.15) is 16.8 Å². The number of rotatable bonds is 2. The maximum absolute atomic E-state index is 13.5. The fourth-order valence-corrected chi connectivity index (χ4v) is 3.16. The van der Waals surface area contributed by atoms with Crippen LogP contribution in [0.15, 0.2) is 29.2 Å². The third-order valence-corrected chi connectivity index (χ3v) is 4.29. The summed E-state index contributed by atoms with van der Waals surface area (Å²) >= 11 is 0. The minimum Gasteiger partial charge on any atom is -0.369 e. The molecule has 0 bridgehead atoms. The predicted octanol–water partition coefficient (Wildman–Crippen LogP) is 1.53. The van der Waals surface area contributed by atoms with Crippen molar-refractivity contribution in [3.05, 3.63) is 57.4 Å². The van der Waals surface area contributed by atoms with Crippen LogP contribution < -0.4 is 11.3 Å². The summed E-state index contributed by atoms with van der Waals surface area (Å²) < 4.78 is 13.5. The van der Waals surface area contributed by atoms with Gasteiger partial charge in [0, 0.05) is 43.2 Å². The van der Waals surface area contributed by atoms with Crippen molar-refractivity contribution >= 4 is 16.9 Å². The average molecular weight is 313 g/mol. The summed E-state index contributed by atoms with van der Waals surface area (Å²) in [6, 6.07) is 4.71. The number of nitrogens with two attached hydrogens (primary N) is 1. The van der Waals surface area contributed by atoms with Crippen LogP contribution in [0.5, 0.6) is 0 Å². The molecule has 0 saturated carbocycles. The molecule has 1 aromatic carbocycles. The number of nitrogen functional groups attached to an aromatic ring is 1. The standard InChI is InChI=1S/C16H16FN5O/c17-10-1-2-13-11(5-10)9(6-19-13)7-22-4-3-14-12(8-22)15(23)21-16(18)20-14/h1-2,5-6,19H,3-4,7-8H2,(H3,18,20,21,23). The molecule has 7 heteroatoms. The van der Waals surface area contributed by atoms with Crippen molar-refractivity contribution in [2.75, 3.05) is 12.3 Å². The van der Waals surface area contributed by atoms with Gasteiger partial charge in [-0.25, -0.2) is 9.37 Å². The third kappa shape index (κ3) is 2.49. The number of nitrogens with one attached hydrogen (secondary N) is 2. The second kappa shape index (κ2) is 5.20. The number of H-pyrrole nitrogens is 2. The first-order valence-corrected chi connectivity index (χ1v) is 7.45. The molecule has 2 aromatic heterocycles. The highest BCUT2D eigenvalue weighted by Gasteiger charge is 2.21. The van der Waals surface area contributed by atoms with Crippen molar-refractivity contribution in [2.45, 2.75) is 19.5 Å². The van der Waals surface area contributed by atoms with Gasteiger partial charge in [-0.3, -0.25) is 14.7 Å². The van der Waals surface area contributed by atoms with E-state index in [2.05, 4.69) is 19.9 Å². The van der Waals surface area contributed by atoms with Gasteiger partial charge in [-0.15, -0.1) is 0 Å². The third-order valence-electron chi connectivity index (χ3n) is 4.29. The molecule has 0 radical (unpaired) electrons. The van der Waals surface area contributed by atoms with Crippen molar-refractivity contribution in [1.82, 2.24) is 19.9 Å². The Morgan fingerprint density at radius 2 is 2.26 bits per heavy atom. The monoisotopic (exact) mass is 313 g/mol. The highest BCUT2D eigenvalue weighted by atomic mass is 19.1. The lowest BCUT2D eigenvalue weighted by Crippen LogP contribution is -2.35. The van der Waals surface area contributed by atoms with E-state index < -0.39 is 0 Å². The largest absolute Gasteiger partial charge is 0.369 e. The molecule has 3 aromatic rings. The van der Waals surface area contributed by atoms with E-state index in [1.807, 2.05) is 6.20 Å². The molecule has 1 aliphatic heterocycles. The second-order valence-electron chi connectivity index (χ2n) is 5.84. The lowest BCUT2D eigenvalue weighted by atomic mass is 10.1. The Morgan fingerprint density at radius 3 is 3.13 bits per heavy atom. The molecule has 0 spiro atoms. The van der Waals surface area contributed by atoms with E-state index in [-0.39, 0.29) is 17.3 Å². The maximum atomic E-state index is 13.5.